The molecule has 0 saturated carbocycles. The molecule has 4 nitrogen and oxygen atoms in total. The van der Waals surface area contributed by atoms with Gasteiger partial charge in [-0.3, -0.25) is 4.98 Å². The molecule has 0 bridgehead atoms. The van der Waals surface area contributed by atoms with Crippen molar-refractivity contribution in [2.45, 2.75) is 12.1 Å². The quantitative estimate of drug-likeness (QED) is 0.744. The van der Waals surface area contributed by atoms with Crippen LogP contribution in [0.1, 0.15) is 23.3 Å². The van der Waals surface area contributed by atoms with E-state index in [0.717, 1.165) is 16.5 Å². The molecule has 1 aliphatic rings. The molecule has 1 aromatic carbocycles. The summed E-state index contributed by atoms with van der Waals surface area (Å²) in [5, 5.41) is 4.16. The molecule has 0 amide bonds. The molecule has 0 aliphatic carbocycles. The van der Waals surface area contributed by atoms with Gasteiger partial charge in [-0.25, -0.2) is 0 Å². The summed E-state index contributed by atoms with van der Waals surface area (Å²) in [7, 11) is 2.03. The van der Waals surface area contributed by atoms with Crippen LogP contribution in [-0.2, 0) is 0 Å². The van der Waals surface area contributed by atoms with Gasteiger partial charge < -0.3 is 14.8 Å². The summed E-state index contributed by atoms with van der Waals surface area (Å²) < 4.78 is 2.14. The molecule has 2 atom stereocenters. The maximum absolute atomic E-state index is 5.48. The molecule has 3 heterocycles. The average Bonchev–Trinajstić information content (AvgIpc) is 3.22. The monoisotopic (exact) mass is 334 g/mol. The van der Waals surface area contributed by atoms with Crippen LogP contribution in [0.2, 0.25) is 0 Å². The molecule has 0 unspecified atom stereocenters. The summed E-state index contributed by atoms with van der Waals surface area (Å²) in [6.07, 6.45) is 6.09. The maximum atomic E-state index is 5.48. The molecule has 0 radical (unpaired) electrons. The Bertz CT molecular complexity index is 844. The Hall–Kier alpha value is -2.66. The molecule has 1 N–H and O–H groups in total. The van der Waals surface area contributed by atoms with Crippen molar-refractivity contribution in [3.05, 3.63) is 84.4 Å². The number of para-hydroxylation sites is 1. The summed E-state index contributed by atoms with van der Waals surface area (Å²) in [4.78, 5) is 6.63. The lowest BCUT2D eigenvalue weighted by molar-refractivity contribution is 0.368. The molecule has 1 fully saturated rings. The van der Waals surface area contributed by atoms with Crippen LogP contribution < -0.4 is 5.32 Å². The van der Waals surface area contributed by atoms with Gasteiger partial charge in [0, 0.05) is 31.3 Å². The van der Waals surface area contributed by atoms with E-state index in [0.29, 0.717) is 0 Å². The lowest BCUT2D eigenvalue weighted by Gasteiger charge is -2.23. The Morgan fingerprint density at radius 1 is 1.04 bits per heavy atom. The van der Waals surface area contributed by atoms with E-state index in [1.807, 2.05) is 49.6 Å². The van der Waals surface area contributed by atoms with Crippen molar-refractivity contribution >= 4 is 17.3 Å². The van der Waals surface area contributed by atoms with E-state index in [1.165, 1.54) is 5.56 Å². The molecule has 120 valence electrons. The van der Waals surface area contributed by atoms with Crippen LogP contribution in [0.25, 0.3) is 5.69 Å². The molecule has 24 heavy (non-hydrogen) atoms. The number of nitrogens with zero attached hydrogens (tertiary/aromatic N) is 3. The molecule has 1 aliphatic heterocycles. The fourth-order valence-corrected chi connectivity index (χ4v) is 3.46. The minimum atomic E-state index is 0.0512. The van der Waals surface area contributed by atoms with E-state index in [-0.39, 0.29) is 12.1 Å². The van der Waals surface area contributed by atoms with Gasteiger partial charge in [-0.15, -0.1) is 0 Å². The second-order valence-electron chi connectivity index (χ2n) is 5.93. The van der Waals surface area contributed by atoms with Crippen LogP contribution in [0, 0.1) is 0 Å². The van der Waals surface area contributed by atoms with Crippen LogP contribution >= 0.6 is 12.2 Å². The first-order chi connectivity index (χ1) is 11.7. The van der Waals surface area contributed by atoms with Crippen LogP contribution in [-0.4, -0.2) is 26.6 Å². The summed E-state index contributed by atoms with van der Waals surface area (Å²) in [5.41, 5.74) is 3.36. The zero-order valence-electron chi connectivity index (χ0n) is 13.3. The van der Waals surface area contributed by atoms with Gasteiger partial charge in [0.2, 0.25) is 0 Å². The summed E-state index contributed by atoms with van der Waals surface area (Å²) in [5.74, 6) is 0. The minimum Gasteiger partial charge on any atom is -0.352 e. The lowest BCUT2D eigenvalue weighted by Crippen LogP contribution is -2.24. The molecule has 1 saturated heterocycles. The summed E-state index contributed by atoms with van der Waals surface area (Å²) >= 11 is 5.48. The number of aromatic nitrogens is 2. The lowest BCUT2D eigenvalue weighted by atomic mass is 9.99. The highest BCUT2D eigenvalue weighted by atomic mass is 32.1. The average molecular weight is 334 g/mol. The van der Waals surface area contributed by atoms with Crippen molar-refractivity contribution in [1.29, 1.82) is 0 Å². The highest BCUT2D eigenvalue weighted by molar-refractivity contribution is 7.80. The Morgan fingerprint density at radius 2 is 1.83 bits per heavy atom. The maximum Gasteiger partial charge on any atom is 0.169 e. The van der Waals surface area contributed by atoms with Gasteiger partial charge in [0.15, 0.2) is 5.11 Å². The van der Waals surface area contributed by atoms with E-state index >= 15 is 0 Å². The molecule has 4 rings (SSSR count). The number of pyridine rings is 1. The summed E-state index contributed by atoms with van der Waals surface area (Å²) in [6, 6.07) is 18.6. The minimum absolute atomic E-state index is 0.0512. The summed E-state index contributed by atoms with van der Waals surface area (Å²) in [6.45, 7) is 0. The van der Waals surface area contributed by atoms with E-state index in [4.69, 9.17) is 12.2 Å². The number of hydrogen-bond acceptors (Lipinski definition) is 2. The van der Waals surface area contributed by atoms with E-state index in [9.17, 15) is 0 Å². The van der Waals surface area contributed by atoms with Crippen molar-refractivity contribution < 1.29 is 0 Å². The van der Waals surface area contributed by atoms with Gasteiger partial charge in [-0.1, -0.05) is 24.3 Å². The highest BCUT2D eigenvalue weighted by Crippen LogP contribution is 2.37. The predicted octanol–water partition coefficient (Wildman–Crippen LogP) is 3.47. The van der Waals surface area contributed by atoms with Gasteiger partial charge >= 0.3 is 0 Å². The predicted molar refractivity (Wildman–Crippen MR) is 99.0 cm³/mol. The third-order valence-electron chi connectivity index (χ3n) is 4.45. The van der Waals surface area contributed by atoms with Crippen LogP contribution in [0.4, 0.5) is 0 Å². The first-order valence-corrected chi connectivity index (χ1v) is 8.32. The Labute approximate surface area is 146 Å². The van der Waals surface area contributed by atoms with Crippen LogP contribution in [0.15, 0.2) is 73.2 Å². The van der Waals surface area contributed by atoms with Crippen LogP contribution in [0.3, 0.4) is 0 Å². The van der Waals surface area contributed by atoms with Crippen LogP contribution in [0.5, 0.6) is 0 Å². The number of hydrogen-bond donors (Lipinski definition) is 1. The third kappa shape index (κ3) is 2.57. The van der Waals surface area contributed by atoms with Crippen molar-refractivity contribution in [2.75, 3.05) is 7.05 Å². The number of thiocarbonyl (C=S) groups is 1. The molecule has 0 spiro atoms. The largest absolute Gasteiger partial charge is 0.352 e. The zero-order valence-corrected chi connectivity index (χ0v) is 14.1. The number of benzene rings is 1. The normalized spacial score (nSPS) is 20.2. The fourth-order valence-electron chi connectivity index (χ4n) is 3.22. The second kappa shape index (κ2) is 6.09. The van der Waals surface area contributed by atoms with Crippen molar-refractivity contribution in [1.82, 2.24) is 19.8 Å². The second-order valence-corrected chi connectivity index (χ2v) is 6.31. The highest BCUT2D eigenvalue weighted by Gasteiger charge is 2.37. The first kappa shape index (κ1) is 14.9. The Kier molecular flexibility index (Phi) is 3.78. The topological polar surface area (TPSA) is 33.1 Å². The third-order valence-corrected chi connectivity index (χ3v) is 4.86. The fraction of sp³-hybridized carbons (Fsp3) is 0.158. The van der Waals surface area contributed by atoms with Gasteiger partial charge in [-0.2, -0.15) is 0 Å². The van der Waals surface area contributed by atoms with E-state index < -0.39 is 0 Å². The SMILES string of the molecule is CN1C(=S)N[C@H](c2ccccn2)[C@@H]1c1ccn(-c2ccccc2)c1. The first-order valence-electron chi connectivity index (χ1n) is 7.91. The van der Waals surface area contributed by atoms with E-state index in [1.54, 1.807) is 0 Å². The standard InChI is InChI=1S/C19H18N4S/c1-22-18(17(21-19(22)24)16-9-5-6-11-20-16)14-10-12-23(13-14)15-7-3-2-4-8-15/h2-13,17-18H,1H3,(H,21,24)/t17-,18+/m1/s1. The Balaban J connectivity index is 1.71. The van der Waals surface area contributed by atoms with Crippen molar-refractivity contribution in [2.24, 2.45) is 0 Å². The van der Waals surface area contributed by atoms with Gasteiger partial charge in [0.1, 0.15) is 0 Å². The number of likely N-dealkylation sites (N-methyl/N-ethyl adjacent to an activating group) is 1. The van der Waals surface area contributed by atoms with E-state index in [2.05, 4.69) is 50.4 Å². The number of rotatable bonds is 3. The zero-order chi connectivity index (χ0) is 16.5. The van der Waals surface area contributed by atoms with Crippen molar-refractivity contribution in [3.63, 3.8) is 0 Å². The Morgan fingerprint density at radius 3 is 2.58 bits per heavy atom. The van der Waals surface area contributed by atoms with Gasteiger partial charge in [0.25, 0.3) is 0 Å². The molecule has 2 aromatic heterocycles. The van der Waals surface area contributed by atoms with Gasteiger partial charge in [0.05, 0.1) is 17.8 Å². The number of nitrogens with one attached hydrogen (secondary N) is 1. The molecular weight excluding hydrogens is 316 g/mol. The van der Waals surface area contributed by atoms with Crippen molar-refractivity contribution in [3.8, 4) is 5.69 Å². The van der Waals surface area contributed by atoms with Gasteiger partial charge in [-0.05, 0) is 48.1 Å². The molecular formula is C19H18N4S. The smallest absolute Gasteiger partial charge is 0.169 e. The molecule has 5 heteroatoms. The molecule has 3 aromatic rings.